The summed E-state index contributed by atoms with van der Waals surface area (Å²) in [5, 5.41) is 1.45. The first-order valence-electron chi connectivity index (χ1n) is 5.40. The fourth-order valence-electron chi connectivity index (χ4n) is 1.40. The number of carbonyl (C=O) groups excluding carboxylic acids is 2. The lowest BCUT2D eigenvalue weighted by Gasteiger charge is -2.23. The molecular formula is C11H11BrF3NO3S. The van der Waals surface area contributed by atoms with Crippen molar-refractivity contribution in [3.63, 3.8) is 0 Å². The molecular weight excluding hydrogens is 363 g/mol. The van der Waals surface area contributed by atoms with Crippen LogP contribution in [0.2, 0.25) is 0 Å². The second-order valence-corrected chi connectivity index (χ2v) is 6.10. The molecule has 0 fully saturated rings. The fraction of sp³-hybridized carbons (Fsp3) is 0.455. The van der Waals surface area contributed by atoms with Gasteiger partial charge in [0.25, 0.3) is 5.91 Å². The van der Waals surface area contributed by atoms with Gasteiger partial charge in [0, 0.05) is 11.9 Å². The number of halogens is 4. The predicted molar refractivity (Wildman–Crippen MR) is 70.6 cm³/mol. The number of thiophene rings is 1. The molecule has 20 heavy (non-hydrogen) atoms. The first-order chi connectivity index (χ1) is 9.23. The Kier molecular flexibility index (Phi) is 6.00. The van der Waals surface area contributed by atoms with Gasteiger partial charge in [-0.25, -0.2) is 0 Å². The van der Waals surface area contributed by atoms with Crippen molar-refractivity contribution in [2.75, 3.05) is 20.2 Å². The van der Waals surface area contributed by atoms with Crippen LogP contribution in [0.1, 0.15) is 16.8 Å². The van der Waals surface area contributed by atoms with Gasteiger partial charge in [-0.1, -0.05) is 0 Å². The molecule has 1 aromatic heterocycles. The van der Waals surface area contributed by atoms with Gasteiger partial charge in [0.05, 0.1) is 22.9 Å². The molecule has 0 aliphatic heterocycles. The molecule has 1 heterocycles. The van der Waals surface area contributed by atoms with Gasteiger partial charge >= 0.3 is 12.1 Å². The smallest absolute Gasteiger partial charge is 0.406 e. The van der Waals surface area contributed by atoms with Crippen molar-refractivity contribution in [1.82, 2.24) is 4.90 Å². The van der Waals surface area contributed by atoms with Crippen LogP contribution in [0.5, 0.6) is 0 Å². The quantitative estimate of drug-likeness (QED) is 0.745. The van der Waals surface area contributed by atoms with E-state index in [9.17, 15) is 22.8 Å². The van der Waals surface area contributed by atoms with Gasteiger partial charge in [-0.15, -0.1) is 11.3 Å². The van der Waals surface area contributed by atoms with E-state index >= 15 is 0 Å². The number of amides is 1. The SMILES string of the molecule is COC(=O)CCN(CC(F)(F)F)C(=O)c1csc(Br)c1. The summed E-state index contributed by atoms with van der Waals surface area (Å²) in [5.41, 5.74) is 0.149. The number of nitrogens with zero attached hydrogens (tertiary/aromatic N) is 1. The van der Waals surface area contributed by atoms with Crippen LogP contribution in [-0.2, 0) is 9.53 Å². The number of carbonyl (C=O) groups is 2. The van der Waals surface area contributed by atoms with Crippen LogP contribution >= 0.6 is 27.3 Å². The van der Waals surface area contributed by atoms with E-state index in [1.54, 1.807) is 0 Å². The molecule has 0 bridgehead atoms. The molecule has 9 heteroatoms. The van der Waals surface area contributed by atoms with Gasteiger partial charge in [-0.3, -0.25) is 9.59 Å². The molecule has 0 atom stereocenters. The number of esters is 1. The molecule has 0 aliphatic rings. The monoisotopic (exact) mass is 373 g/mol. The molecule has 0 unspecified atom stereocenters. The van der Waals surface area contributed by atoms with E-state index in [2.05, 4.69) is 20.7 Å². The largest absolute Gasteiger partial charge is 0.469 e. The maximum Gasteiger partial charge on any atom is 0.406 e. The van der Waals surface area contributed by atoms with Gasteiger partial charge in [-0.05, 0) is 22.0 Å². The zero-order valence-electron chi connectivity index (χ0n) is 10.4. The summed E-state index contributed by atoms with van der Waals surface area (Å²) >= 11 is 4.33. The Morgan fingerprint density at radius 3 is 2.55 bits per heavy atom. The molecule has 112 valence electrons. The average Bonchev–Trinajstić information content (AvgIpc) is 2.78. The van der Waals surface area contributed by atoms with Crippen LogP contribution in [0.4, 0.5) is 13.2 Å². The summed E-state index contributed by atoms with van der Waals surface area (Å²) < 4.78 is 42.4. The number of rotatable bonds is 5. The Labute approximate surface area is 125 Å². The Bertz CT molecular complexity index is 490. The van der Waals surface area contributed by atoms with Gasteiger partial charge in [-0.2, -0.15) is 13.2 Å². The minimum atomic E-state index is -4.53. The maximum absolute atomic E-state index is 12.5. The lowest BCUT2D eigenvalue weighted by molar-refractivity contribution is -0.147. The number of ether oxygens (including phenoxy) is 1. The van der Waals surface area contributed by atoms with Crippen molar-refractivity contribution in [2.24, 2.45) is 0 Å². The zero-order valence-corrected chi connectivity index (χ0v) is 12.8. The number of hydrogen-bond donors (Lipinski definition) is 0. The van der Waals surface area contributed by atoms with Gasteiger partial charge in [0.2, 0.25) is 0 Å². The molecule has 0 saturated carbocycles. The molecule has 1 amide bonds. The fourth-order valence-corrected chi connectivity index (χ4v) is 2.53. The van der Waals surface area contributed by atoms with Crippen molar-refractivity contribution in [3.05, 3.63) is 20.8 Å². The molecule has 1 rings (SSSR count). The third-order valence-corrected chi connectivity index (χ3v) is 3.79. The molecule has 1 aromatic rings. The van der Waals surface area contributed by atoms with E-state index in [1.807, 2.05) is 0 Å². The second-order valence-electron chi connectivity index (χ2n) is 3.81. The van der Waals surface area contributed by atoms with Gasteiger partial charge in [0.15, 0.2) is 0 Å². The Morgan fingerprint density at radius 1 is 1.45 bits per heavy atom. The average molecular weight is 374 g/mol. The van der Waals surface area contributed by atoms with Crippen molar-refractivity contribution < 1.29 is 27.5 Å². The highest BCUT2D eigenvalue weighted by Crippen LogP contribution is 2.24. The Morgan fingerprint density at radius 2 is 2.10 bits per heavy atom. The molecule has 0 N–H and O–H groups in total. The maximum atomic E-state index is 12.5. The standard InChI is InChI=1S/C11H11BrF3NO3S/c1-19-9(17)2-3-16(6-11(13,14)15)10(18)7-4-8(12)20-5-7/h4-5H,2-3,6H2,1H3. The van der Waals surface area contributed by atoms with Crippen molar-refractivity contribution >= 4 is 39.1 Å². The molecule has 4 nitrogen and oxygen atoms in total. The highest BCUT2D eigenvalue weighted by Gasteiger charge is 2.33. The normalized spacial score (nSPS) is 11.2. The van der Waals surface area contributed by atoms with E-state index < -0.39 is 24.6 Å². The van der Waals surface area contributed by atoms with E-state index in [0.29, 0.717) is 8.69 Å². The van der Waals surface area contributed by atoms with Crippen LogP contribution in [0.15, 0.2) is 15.2 Å². The second kappa shape index (κ2) is 7.07. The zero-order chi connectivity index (χ0) is 15.3. The van der Waals surface area contributed by atoms with Crippen LogP contribution < -0.4 is 0 Å². The van der Waals surface area contributed by atoms with Crippen molar-refractivity contribution in [2.45, 2.75) is 12.6 Å². The van der Waals surface area contributed by atoms with Crippen molar-refractivity contribution in [3.8, 4) is 0 Å². The summed E-state index contributed by atoms with van der Waals surface area (Å²) in [6.45, 7) is -1.76. The molecule has 0 radical (unpaired) electrons. The summed E-state index contributed by atoms with van der Waals surface area (Å²) in [7, 11) is 1.13. The summed E-state index contributed by atoms with van der Waals surface area (Å²) in [5.74, 6) is -1.44. The summed E-state index contributed by atoms with van der Waals surface area (Å²) in [6, 6.07) is 1.44. The first kappa shape index (κ1) is 17.0. The molecule has 0 aromatic carbocycles. The van der Waals surface area contributed by atoms with Gasteiger partial charge < -0.3 is 9.64 Å². The Hall–Kier alpha value is -1.09. The highest BCUT2D eigenvalue weighted by atomic mass is 79.9. The van der Waals surface area contributed by atoms with Crippen LogP contribution in [0, 0.1) is 0 Å². The number of alkyl halides is 3. The highest BCUT2D eigenvalue weighted by molar-refractivity contribution is 9.11. The summed E-state index contributed by atoms with van der Waals surface area (Å²) in [4.78, 5) is 23.6. The van der Waals surface area contributed by atoms with Crippen LogP contribution in [0.25, 0.3) is 0 Å². The van der Waals surface area contributed by atoms with E-state index in [0.717, 1.165) is 7.11 Å². The Balaban J connectivity index is 2.80. The molecule has 0 saturated heterocycles. The predicted octanol–water partition coefficient (Wildman–Crippen LogP) is 3.08. The number of hydrogen-bond acceptors (Lipinski definition) is 4. The summed E-state index contributed by atoms with van der Waals surface area (Å²) in [6.07, 6.45) is -4.82. The molecule has 0 spiro atoms. The van der Waals surface area contributed by atoms with Crippen LogP contribution in [0.3, 0.4) is 0 Å². The minimum absolute atomic E-state index is 0.149. The first-order valence-corrected chi connectivity index (χ1v) is 7.07. The van der Waals surface area contributed by atoms with Crippen molar-refractivity contribution in [1.29, 1.82) is 0 Å². The third-order valence-electron chi connectivity index (χ3n) is 2.29. The lowest BCUT2D eigenvalue weighted by Crippen LogP contribution is -2.40. The van der Waals surface area contributed by atoms with Crippen LogP contribution in [-0.4, -0.2) is 43.2 Å². The van der Waals surface area contributed by atoms with E-state index in [4.69, 9.17) is 0 Å². The minimum Gasteiger partial charge on any atom is -0.469 e. The third kappa shape index (κ3) is 5.49. The molecule has 0 aliphatic carbocycles. The van der Waals surface area contributed by atoms with E-state index in [-0.39, 0.29) is 18.5 Å². The topological polar surface area (TPSA) is 46.6 Å². The van der Waals surface area contributed by atoms with Gasteiger partial charge in [0.1, 0.15) is 6.54 Å². The van der Waals surface area contributed by atoms with E-state index in [1.165, 1.54) is 22.8 Å². The number of methoxy groups -OCH3 is 1. The lowest BCUT2D eigenvalue weighted by atomic mass is 10.2.